The minimum absolute atomic E-state index is 0.730. The SMILES string of the molecule is COc1ccc(CCn2cc(-c3ccc4nc[nH]c4c3)nn2)cc1OC. The number of hydrogen-bond acceptors (Lipinski definition) is 5. The first-order valence-corrected chi connectivity index (χ1v) is 8.31. The van der Waals surface area contributed by atoms with E-state index in [4.69, 9.17) is 9.47 Å². The number of fused-ring (bicyclic) bond motifs is 1. The summed E-state index contributed by atoms with van der Waals surface area (Å²) >= 11 is 0. The zero-order chi connectivity index (χ0) is 17.9. The van der Waals surface area contributed by atoms with Gasteiger partial charge >= 0.3 is 0 Å². The summed E-state index contributed by atoms with van der Waals surface area (Å²) < 4.78 is 12.5. The van der Waals surface area contributed by atoms with Crippen LogP contribution in [0.1, 0.15) is 5.56 Å². The average molecular weight is 349 g/mol. The number of methoxy groups -OCH3 is 2. The van der Waals surface area contributed by atoms with Gasteiger partial charge in [0.1, 0.15) is 5.69 Å². The quantitative estimate of drug-likeness (QED) is 0.579. The molecule has 0 amide bonds. The van der Waals surface area contributed by atoms with Crippen LogP contribution in [-0.4, -0.2) is 39.2 Å². The van der Waals surface area contributed by atoms with Crippen LogP contribution in [0.5, 0.6) is 11.5 Å². The van der Waals surface area contributed by atoms with Crippen LogP contribution in [0.4, 0.5) is 0 Å². The number of rotatable bonds is 6. The summed E-state index contributed by atoms with van der Waals surface area (Å²) in [6, 6.07) is 12.0. The second-order valence-corrected chi connectivity index (χ2v) is 5.94. The van der Waals surface area contributed by atoms with Gasteiger partial charge in [0.15, 0.2) is 11.5 Å². The maximum atomic E-state index is 5.35. The van der Waals surface area contributed by atoms with Crippen LogP contribution in [0, 0.1) is 0 Å². The van der Waals surface area contributed by atoms with Crippen molar-refractivity contribution in [1.82, 2.24) is 25.0 Å². The molecule has 0 aliphatic rings. The van der Waals surface area contributed by atoms with Crippen molar-refractivity contribution >= 4 is 11.0 Å². The first-order valence-electron chi connectivity index (χ1n) is 8.31. The first kappa shape index (κ1) is 16.1. The summed E-state index contributed by atoms with van der Waals surface area (Å²) in [5, 5.41) is 8.52. The Bertz CT molecular complexity index is 1040. The monoisotopic (exact) mass is 349 g/mol. The van der Waals surface area contributed by atoms with Crippen molar-refractivity contribution in [1.29, 1.82) is 0 Å². The van der Waals surface area contributed by atoms with Gasteiger partial charge in [0.05, 0.1) is 37.8 Å². The topological polar surface area (TPSA) is 77.9 Å². The number of imidazole rings is 1. The van der Waals surface area contributed by atoms with Gasteiger partial charge in [-0.05, 0) is 36.2 Å². The number of aromatic amines is 1. The van der Waals surface area contributed by atoms with Crippen LogP contribution >= 0.6 is 0 Å². The van der Waals surface area contributed by atoms with E-state index < -0.39 is 0 Å². The number of ether oxygens (including phenoxy) is 2. The molecule has 7 nitrogen and oxygen atoms in total. The molecule has 0 saturated heterocycles. The fourth-order valence-electron chi connectivity index (χ4n) is 2.91. The van der Waals surface area contributed by atoms with Gasteiger partial charge < -0.3 is 14.5 Å². The Morgan fingerprint density at radius 1 is 1.04 bits per heavy atom. The molecule has 0 aliphatic heterocycles. The number of benzene rings is 2. The van der Waals surface area contributed by atoms with E-state index in [-0.39, 0.29) is 0 Å². The predicted molar refractivity (Wildman–Crippen MR) is 98.4 cm³/mol. The lowest BCUT2D eigenvalue weighted by Crippen LogP contribution is -2.02. The van der Waals surface area contributed by atoms with Crippen LogP contribution in [0.2, 0.25) is 0 Å². The van der Waals surface area contributed by atoms with Gasteiger partial charge in [0, 0.05) is 12.1 Å². The van der Waals surface area contributed by atoms with Crippen molar-refractivity contribution in [3.8, 4) is 22.8 Å². The van der Waals surface area contributed by atoms with E-state index in [2.05, 4.69) is 20.3 Å². The molecule has 4 rings (SSSR count). The fraction of sp³-hybridized carbons (Fsp3) is 0.211. The molecule has 0 atom stereocenters. The molecule has 0 bridgehead atoms. The Kier molecular flexibility index (Phi) is 4.27. The number of hydrogen-bond donors (Lipinski definition) is 1. The van der Waals surface area contributed by atoms with Gasteiger partial charge in [0.2, 0.25) is 0 Å². The van der Waals surface area contributed by atoms with Gasteiger partial charge in [0.25, 0.3) is 0 Å². The number of nitrogens with one attached hydrogen (secondary N) is 1. The van der Waals surface area contributed by atoms with Gasteiger partial charge in [-0.25, -0.2) is 4.98 Å². The van der Waals surface area contributed by atoms with E-state index in [0.717, 1.165) is 52.3 Å². The molecule has 0 radical (unpaired) electrons. The zero-order valence-electron chi connectivity index (χ0n) is 14.6. The Balaban J connectivity index is 1.48. The van der Waals surface area contributed by atoms with Crippen molar-refractivity contribution < 1.29 is 9.47 Å². The molecule has 26 heavy (non-hydrogen) atoms. The summed E-state index contributed by atoms with van der Waals surface area (Å²) in [5.41, 5.74) is 4.93. The van der Waals surface area contributed by atoms with Crippen molar-refractivity contribution in [3.05, 3.63) is 54.5 Å². The summed E-state index contributed by atoms with van der Waals surface area (Å²) in [7, 11) is 3.27. The molecule has 2 aromatic carbocycles. The molecule has 2 heterocycles. The molecule has 0 spiro atoms. The van der Waals surface area contributed by atoms with Gasteiger partial charge in [-0.1, -0.05) is 17.3 Å². The van der Waals surface area contributed by atoms with Crippen LogP contribution in [-0.2, 0) is 13.0 Å². The Labute approximate surface area is 150 Å². The number of H-pyrrole nitrogens is 1. The van der Waals surface area contributed by atoms with Crippen molar-refractivity contribution in [3.63, 3.8) is 0 Å². The molecular formula is C19H19N5O2. The highest BCUT2D eigenvalue weighted by molar-refractivity contribution is 5.80. The lowest BCUT2D eigenvalue weighted by molar-refractivity contribution is 0.354. The van der Waals surface area contributed by atoms with E-state index in [0.29, 0.717) is 0 Å². The number of aryl methyl sites for hydroxylation is 2. The Hall–Kier alpha value is -3.35. The fourth-order valence-corrected chi connectivity index (χ4v) is 2.91. The Morgan fingerprint density at radius 2 is 1.92 bits per heavy atom. The highest BCUT2D eigenvalue weighted by Crippen LogP contribution is 2.28. The minimum Gasteiger partial charge on any atom is -0.493 e. The summed E-state index contributed by atoms with van der Waals surface area (Å²) in [6.45, 7) is 0.731. The largest absolute Gasteiger partial charge is 0.493 e. The van der Waals surface area contributed by atoms with E-state index in [1.54, 1.807) is 20.5 Å². The standard InChI is InChI=1S/C19H19N5O2/c1-25-18-6-3-13(9-19(18)26-2)7-8-24-11-17(22-23-24)14-4-5-15-16(10-14)21-12-20-15/h3-6,9-12H,7-8H2,1-2H3,(H,20,21). The summed E-state index contributed by atoms with van der Waals surface area (Å²) in [4.78, 5) is 7.35. The molecule has 0 aliphatic carbocycles. The molecule has 0 unspecified atom stereocenters. The molecule has 0 saturated carbocycles. The van der Waals surface area contributed by atoms with E-state index in [1.807, 2.05) is 47.3 Å². The maximum absolute atomic E-state index is 5.35. The third-order valence-corrected chi connectivity index (χ3v) is 4.33. The normalized spacial score (nSPS) is 11.0. The van der Waals surface area contributed by atoms with Crippen molar-refractivity contribution in [2.75, 3.05) is 14.2 Å². The molecular weight excluding hydrogens is 330 g/mol. The van der Waals surface area contributed by atoms with Crippen LogP contribution < -0.4 is 9.47 Å². The third kappa shape index (κ3) is 3.11. The van der Waals surface area contributed by atoms with Crippen LogP contribution in [0.25, 0.3) is 22.3 Å². The predicted octanol–water partition coefficient (Wildman–Crippen LogP) is 3.08. The Morgan fingerprint density at radius 3 is 2.77 bits per heavy atom. The van der Waals surface area contributed by atoms with Gasteiger partial charge in [-0.15, -0.1) is 5.10 Å². The maximum Gasteiger partial charge on any atom is 0.160 e. The van der Waals surface area contributed by atoms with Crippen LogP contribution in [0.3, 0.4) is 0 Å². The summed E-state index contributed by atoms with van der Waals surface area (Å²) in [6.07, 6.45) is 4.47. The average Bonchev–Trinajstić information content (AvgIpc) is 3.34. The van der Waals surface area contributed by atoms with Crippen molar-refractivity contribution in [2.24, 2.45) is 0 Å². The smallest absolute Gasteiger partial charge is 0.160 e. The highest BCUT2D eigenvalue weighted by Gasteiger charge is 2.08. The van der Waals surface area contributed by atoms with Crippen molar-refractivity contribution in [2.45, 2.75) is 13.0 Å². The van der Waals surface area contributed by atoms with Crippen LogP contribution in [0.15, 0.2) is 48.9 Å². The molecule has 4 aromatic rings. The zero-order valence-corrected chi connectivity index (χ0v) is 14.6. The highest BCUT2D eigenvalue weighted by atomic mass is 16.5. The third-order valence-electron chi connectivity index (χ3n) is 4.33. The van der Waals surface area contributed by atoms with E-state index in [9.17, 15) is 0 Å². The molecule has 7 heteroatoms. The number of nitrogens with zero attached hydrogens (tertiary/aromatic N) is 4. The van der Waals surface area contributed by atoms with Gasteiger partial charge in [-0.3, -0.25) is 4.68 Å². The lowest BCUT2D eigenvalue weighted by Gasteiger charge is -2.09. The number of aromatic nitrogens is 5. The lowest BCUT2D eigenvalue weighted by atomic mass is 10.1. The van der Waals surface area contributed by atoms with Gasteiger partial charge in [-0.2, -0.15) is 0 Å². The second kappa shape index (κ2) is 6.87. The molecule has 0 fully saturated rings. The second-order valence-electron chi connectivity index (χ2n) is 5.94. The summed E-state index contributed by atoms with van der Waals surface area (Å²) in [5.74, 6) is 1.46. The molecule has 2 aromatic heterocycles. The van der Waals surface area contributed by atoms with E-state index in [1.165, 1.54) is 0 Å². The molecule has 132 valence electrons. The molecule has 1 N–H and O–H groups in total. The minimum atomic E-state index is 0.730. The van der Waals surface area contributed by atoms with E-state index >= 15 is 0 Å². The first-order chi connectivity index (χ1) is 12.8.